The van der Waals surface area contributed by atoms with E-state index in [2.05, 4.69) is 34.5 Å². The van der Waals surface area contributed by atoms with Crippen LogP contribution in [0.5, 0.6) is 5.75 Å². The van der Waals surface area contributed by atoms with Gasteiger partial charge in [0.1, 0.15) is 5.75 Å². The Kier molecular flexibility index (Phi) is 3.53. The molecule has 0 radical (unpaired) electrons. The van der Waals surface area contributed by atoms with E-state index in [1.807, 2.05) is 6.92 Å². The van der Waals surface area contributed by atoms with E-state index in [1.54, 1.807) is 0 Å². The van der Waals surface area contributed by atoms with E-state index >= 15 is 0 Å². The normalized spacial score (nSPS) is 14.2. The maximum Gasteiger partial charge on any atom is 0.122 e. The second kappa shape index (κ2) is 5.47. The molecule has 0 unspecified atom stereocenters. The van der Waals surface area contributed by atoms with E-state index in [1.165, 1.54) is 30.4 Å². The van der Waals surface area contributed by atoms with Gasteiger partial charge in [0.2, 0.25) is 0 Å². The van der Waals surface area contributed by atoms with E-state index < -0.39 is 0 Å². The van der Waals surface area contributed by atoms with E-state index in [9.17, 15) is 0 Å². The first kappa shape index (κ1) is 12.3. The lowest BCUT2D eigenvalue weighted by Gasteiger charge is -2.19. The van der Waals surface area contributed by atoms with E-state index in [0.717, 1.165) is 30.0 Å². The van der Waals surface area contributed by atoms with Crippen LogP contribution in [0.2, 0.25) is 0 Å². The highest BCUT2D eigenvalue weighted by molar-refractivity contribution is 5.41. The Morgan fingerprint density at radius 1 is 1.26 bits per heavy atom. The quantitative estimate of drug-likeness (QED) is 0.912. The zero-order valence-corrected chi connectivity index (χ0v) is 11.4. The Bertz CT molecular complexity index is 560. The molecule has 1 aliphatic carbocycles. The third kappa shape index (κ3) is 2.80. The zero-order valence-electron chi connectivity index (χ0n) is 11.4. The number of hydrogen-bond acceptors (Lipinski definition) is 2. The van der Waals surface area contributed by atoms with Crippen molar-refractivity contribution in [3.63, 3.8) is 0 Å². The van der Waals surface area contributed by atoms with E-state index in [4.69, 9.17) is 4.74 Å². The maximum absolute atomic E-state index is 5.96. The number of aromatic nitrogens is 2. The van der Waals surface area contributed by atoms with Crippen LogP contribution in [-0.2, 0) is 19.3 Å². The fourth-order valence-electron chi connectivity index (χ4n) is 2.75. The summed E-state index contributed by atoms with van der Waals surface area (Å²) in [5.74, 6) is 1.07. The van der Waals surface area contributed by atoms with Crippen LogP contribution in [-0.4, -0.2) is 16.8 Å². The summed E-state index contributed by atoms with van der Waals surface area (Å²) in [4.78, 5) is 0. The number of hydrogen-bond donors (Lipinski definition) is 1. The number of benzene rings is 1. The predicted molar refractivity (Wildman–Crippen MR) is 75.6 cm³/mol. The topological polar surface area (TPSA) is 37.9 Å². The minimum atomic E-state index is 0.695. The highest BCUT2D eigenvalue weighted by Gasteiger charge is 2.13. The van der Waals surface area contributed by atoms with Crippen LogP contribution in [0.25, 0.3) is 0 Å². The lowest BCUT2D eigenvalue weighted by atomic mass is 9.91. The van der Waals surface area contributed by atoms with Crippen LogP contribution >= 0.6 is 0 Å². The first-order valence-electron chi connectivity index (χ1n) is 7.07. The van der Waals surface area contributed by atoms with Gasteiger partial charge in [0.25, 0.3) is 0 Å². The molecule has 100 valence electrons. The molecule has 0 spiro atoms. The Morgan fingerprint density at radius 2 is 2.16 bits per heavy atom. The summed E-state index contributed by atoms with van der Waals surface area (Å²) < 4.78 is 5.96. The first-order valence-corrected chi connectivity index (χ1v) is 7.07. The summed E-state index contributed by atoms with van der Waals surface area (Å²) >= 11 is 0. The third-order valence-electron chi connectivity index (χ3n) is 3.73. The fourth-order valence-corrected chi connectivity index (χ4v) is 2.75. The van der Waals surface area contributed by atoms with Crippen molar-refractivity contribution in [3.8, 4) is 5.75 Å². The van der Waals surface area contributed by atoms with Gasteiger partial charge in [0, 0.05) is 12.1 Å². The van der Waals surface area contributed by atoms with Gasteiger partial charge >= 0.3 is 0 Å². The Morgan fingerprint density at radius 3 is 3.00 bits per heavy atom. The van der Waals surface area contributed by atoms with Crippen LogP contribution in [0.1, 0.15) is 35.4 Å². The predicted octanol–water partition coefficient (Wildman–Crippen LogP) is 3.22. The van der Waals surface area contributed by atoms with Crippen molar-refractivity contribution in [2.75, 3.05) is 6.61 Å². The highest BCUT2D eigenvalue weighted by Crippen LogP contribution is 2.29. The summed E-state index contributed by atoms with van der Waals surface area (Å²) in [7, 11) is 0. The molecule has 1 aliphatic rings. The first-order chi connectivity index (χ1) is 9.33. The number of rotatable bonds is 4. The SMILES string of the molecule is Cc1cc(CCOc2cccc3c2CCCC3)n[nH]1. The highest BCUT2D eigenvalue weighted by atomic mass is 16.5. The lowest BCUT2D eigenvalue weighted by molar-refractivity contribution is 0.315. The van der Waals surface area contributed by atoms with Crippen LogP contribution in [0, 0.1) is 6.92 Å². The molecule has 1 N–H and O–H groups in total. The van der Waals surface area contributed by atoms with Gasteiger partial charge in [-0.3, -0.25) is 5.10 Å². The molecule has 1 aromatic carbocycles. The Balaban J connectivity index is 1.64. The molecule has 0 saturated carbocycles. The smallest absolute Gasteiger partial charge is 0.122 e. The van der Waals surface area contributed by atoms with Crippen molar-refractivity contribution >= 4 is 0 Å². The number of nitrogens with zero attached hydrogens (tertiary/aromatic N) is 1. The fraction of sp³-hybridized carbons (Fsp3) is 0.438. The Labute approximate surface area is 114 Å². The molecule has 1 heterocycles. The van der Waals surface area contributed by atoms with Gasteiger partial charge in [0.15, 0.2) is 0 Å². The van der Waals surface area contributed by atoms with Gasteiger partial charge in [0.05, 0.1) is 12.3 Å². The molecule has 0 fully saturated rings. The number of aryl methyl sites for hydroxylation is 2. The number of nitrogens with one attached hydrogen (secondary N) is 1. The van der Waals surface area contributed by atoms with E-state index in [-0.39, 0.29) is 0 Å². The molecule has 3 heteroatoms. The average molecular weight is 256 g/mol. The molecule has 1 aromatic heterocycles. The summed E-state index contributed by atoms with van der Waals surface area (Å²) in [5.41, 5.74) is 5.07. The monoisotopic (exact) mass is 256 g/mol. The molecule has 0 atom stereocenters. The van der Waals surface area contributed by atoms with Gasteiger partial charge in [-0.1, -0.05) is 12.1 Å². The van der Waals surface area contributed by atoms with Crippen molar-refractivity contribution in [1.82, 2.24) is 10.2 Å². The van der Waals surface area contributed by atoms with Crippen LogP contribution in [0.15, 0.2) is 24.3 Å². The maximum atomic E-state index is 5.96. The molecule has 0 saturated heterocycles. The molecule has 0 amide bonds. The number of aromatic amines is 1. The standard InChI is InChI=1S/C16H20N2O/c1-12-11-14(18-17-12)9-10-19-16-8-4-6-13-5-2-3-7-15(13)16/h4,6,8,11H,2-3,5,7,9-10H2,1H3,(H,17,18). The second-order valence-electron chi connectivity index (χ2n) is 5.24. The molecule has 19 heavy (non-hydrogen) atoms. The van der Waals surface area contributed by atoms with Crippen LogP contribution in [0.3, 0.4) is 0 Å². The number of fused-ring (bicyclic) bond motifs is 1. The summed E-state index contributed by atoms with van der Waals surface area (Å²) in [6.07, 6.45) is 5.81. The van der Waals surface area contributed by atoms with Gasteiger partial charge < -0.3 is 4.74 Å². The van der Waals surface area contributed by atoms with Gasteiger partial charge in [-0.2, -0.15) is 5.10 Å². The lowest BCUT2D eigenvalue weighted by Crippen LogP contribution is -2.08. The van der Waals surface area contributed by atoms with Gasteiger partial charge in [-0.05, 0) is 55.9 Å². The minimum absolute atomic E-state index is 0.695. The molecular weight excluding hydrogens is 236 g/mol. The van der Waals surface area contributed by atoms with E-state index in [0.29, 0.717) is 6.61 Å². The third-order valence-corrected chi connectivity index (χ3v) is 3.73. The molecule has 3 nitrogen and oxygen atoms in total. The van der Waals surface area contributed by atoms with Crippen molar-refractivity contribution in [1.29, 1.82) is 0 Å². The van der Waals surface area contributed by atoms with Crippen LogP contribution in [0.4, 0.5) is 0 Å². The summed E-state index contributed by atoms with van der Waals surface area (Å²) in [5, 5.41) is 7.19. The zero-order chi connectivity index (χ0) is 13.1. The summed E-state index contributed by atoms with van der Waals surface area (Å²) in [6.45, 7) is 2.71. The number of H-pyrrole nitrogens is 1. The average Bonchev–Trinajstić information content (AvgIpc) is 2.85. The van der Waals surface area contributed by atoms with Crippen molar-refractivity contribution in [3.05, 3.63) is 46.8 Å². The molecular formula is C16H20N2O. The van der Waals surface area contributed by atoms with Gasteiger partial charge in [-0.15, -0.1) is 0 Å². The van der Waals surface area contributed by atoms with Crippen molar-refractivity contribution in [2.45, 2.75) is 39.0 Å². The number of ether oxygens (including phenoxy) is 1. The molecule has 3 rings (SSSR count). The summed E-state index contributed by atoms with van der Waals surface area (Å²) in [6, 6.07) is 8.51. The largest absolute Gasteiger partial charge is 0.493 e. The van der Waals surface area contributed by atoms with Crippen molar-refractivity contribution in [2.24, 2.45) is 0 Å². The van der Waals surface area contributed by atoms with Gasteiger partial charge in [-0.25, -0.2) is 0 Å². The molecule has 2 aromatic rings. The second-order valence-corrected chi connectivity index (χ2v) is 5.24. The molecule has 0 aliphatic heterocycles. The Hall–Kier alpha value is -1.77. The minimum Gasteiger partial charge on any atom is -0.493 e. The van der Waals surface area contributed by atoms with Crippen LogP contribution < -0.4 is 4.74 Å². The molecule has 0 bridgehead atoms. The van der Waals surface area contributed by atoms with Crippen molar-refractivity contribution < 1.29 is 4.74 Å².